The van der Waals surface area contributed by atoms with Crippen molar-refractivity contribution in [2.45, 2.75) is 57.2 Å². The van der Waals surface area contributed by atoms with Gasteiger partial charge in [-0.1, -0.05) is 6.58 Å². The second-order valence-corrected chi connectivity index (χ2v) is 8.83. The van der Waals surface area contributed by atoms with Gasteiger partial charge in [0.2, 0.25) is 5.91 Å². The maximum atomic E-state index is 13.3. The van der Waals surface area contributed by atoms with E-state index in [0.717, 1.165) is 42.6 Å². The third-order valence-electron chi connectivity index (χ3n) is 6.15. The van der Waals surface area contributed by atoms with Crippen molar-refractivity contribution in [1.29, 1.82) is 0 Å². The molecule has 1 saturated carbocycles. The van der Waals surface area contributed by atoms with Crippen molar-refractivity contribution >= 4 is 17.2 Å². The zero-order valence-electron chi connectivity index (χ0n) is 17.5. The number of rotatable bonds is 9. The second kappa shape index (κ2) is 7.50. The topological polar surface area (TPSA) is 93.4 Å². The van der Waals surface area contributed by atoms with Gasteiger partial charge in [0.25, 0.3) is 0 Å². The quantitative estimate of drug-likeness (QED) is 0.567. The van der Waals surface area contributed by atoms with Crippen LogP contribution in [0.3, 0.4) is 0 Å². The Labute approximate surface area is 168 Å². The van der Waals surface area contributed by atoms with Crippen LogP contribution in [-0.4, -0.2) is 48.1 Å². The van der Waals surface area contributed by atoms with Crippen molar-refractivity contribution in [1.82, 2.24) is 4.90 Å². The summed E-state index contributed by atoms with van der Waals surface area (Å²) in [7, 11) is 1.62. The Hall–Kier alpha value is -1.89. The summed E-state index contributed by atoms with van der Waals surface area (Å²) in [5.74, 6) is 1.16. The van der Waals surface area contributed by atoms with Crippen LogP contribution < -0.4 is 21.5 Å². The number of nitrogens with two attached hydrogens (primary N) is 2. The molecule has 2 aliphatic rings. The van der Waals surface area contributed by atoms with E-state index in [9.17, 15) is 4.79 Å². The van der Waals surface area contributed by atoms with Gasteiger partial charge in [0.1, 0.15) is 11.3 Å². The lowest BCUT2D eigenvalue weighted by Gasteiger charge is -2.25. The predicted octanol–water partition coefficient (Wildman–Crippen LogP) is 2.59. The van der Waals surface area contributed by atoms with Crippen LogP contribution in [0.4, 0.5) is 5.69 Å². The highest BCUT2D eigenvalue weighted by Crippen LogP contribution is 2.56. The van der Waals surface area contributed by atoms with Crippen LogP contribution in [0.1, 0.15) is 45.6 Å². The van der Waals surface area contributed by atoms with Gasteiger partial charge in [-0.3, -0.25) is 9.69 Å². The zero-order valence-corrected chi connectivity index (χ0v) is 17.5. The molecule has 0 radical (unpaired) electrons. The lowest BCUT2D eigenvalue weighted by molar-refractivity contribution is -0.121. The van der Waals surface area contributed by atoms with Crippen LogP contribution in [-0.2, 0) is 4.79 Å². The van der Waals surface area contributed by atoms with Gasteiger partial charge in [-0.15, -0.1) is 0 Å². The highest BCUT2D eigenvalue weighted by Gasteiger charge is 2.67. The molecule has 5 N–H and O–H groups in total. The van der Waals surface area contributed by atoms with Gasteiger partial charge in [0, 0.05) is 29.4 Å². The monoisotopic (exact) mass is 386 g/mol. The molecule has 0 aromatic heterocycles. The minimum absolute atomic E-state index is 0.0765. The van der Waals surface area contributed by atoms with E-state index in [0.29, 0.717) is 24.3 Å². The number of ether oxygens (including phenoxy) is 1. The maximum Gasteiger partial charge on any atom is 0.245 e. The number of hydrogen-bond donors (Lipinski definition) is 3. The van der Waals surface area contributed by atoms with E-state index < -0.39 is 5.54 Å². The van der Waals surface area contributed by atoms with Gasteiger partial charge < -0.3 is 21.5 Å². The van der Waals surface area contributed by atoms with Crippen LogP contribution in [0.15, 0.2) is 24.8 Å². The summed E-state index contributed by atoms with van der Waals surface area (Å²) in [4.78, 5) is 15.6. The number of nitrogens with zero attached hydrogens (tertiary/aromatic N) is 1. The first kappa shape index (κ1) is 20.8. The van der Waals surface area contributed by atoms with E-state index in [1.54, 1.807) is 7.11 Å². The first-order chi connectivity index (χ1) is 13.1. The van der Waals surface area contributed by atoms with Crippen molar-refractivity contribution in [3.05, 3.63) is 30.3 Å². The number of benzene rings is 1. The van der Waals surface area contributed by atoms with Gasteiger partial charge in [0.15, 0.2) is 0 Å². The minimum atomic E-state index is -0.587. The largest absolute Gasteiger partial charge is 0.496 e. The van der Waals surface area contributed by atoms with E-state index in [4.69, 9.17) is 16.2 Å². The summed E-state index contributed by atoms with van der Waals surface area (Å²) < 4.78 is 5.48. The fourth-order valence-electron chi connectivity index (χ4n) is 4.18. The van der Waals surface area contributed by atoms with Crippen molar-refractivity contribution in [3.8, 4) is 5.75 Å². The Balaban J connectivity index is 1.81. The maximum absolute atomic E-state index is 13.3. The Morgan fingerprint density at radius 1 is 1.46 bits per heavy atom. The highest BCUT2D eigenvalue weighted by atomic mass is 16.5. The van der Waals surface area contributed by atoms with Crippen molar-refractivity contribution < 1.29 is 9.53 Å². The number of hydrogen-bond acceptors (Lipinski definition) is 5. The molecule has 1 amide bonds. The SMILES string of the molecule is C=C(c1cc(NC(=O)[C@@]2(N3CC3C)C[C@H]2CCCN)ccc1OC)C(C)(C)N. The van der Waals surface area contributed by atoms with Crippen LogP contribution in [0.5, 0.6) is 5.75 Å². The first-order valence-corrected chi connectivity index (χ1v) is 10.1. The lowest BCUT2D eigenvalue weighted by Crippen LogP contribution is -2.39. The van der Waals surface area contributed by atoms with Crippen LogP contribution in [0, 0.1) is 5.92 Å². The van der Waals surface area contributed by atoms with Crippen molar-refractivity contribution in [2.24, 2.45) is 17.4 Å². The molecule has 4 atom stereocenters. The molecule has 6 heteroatoms. The average Bonchev–Trinajstić information content (AvgIpc) is 3.54. The summed E-state index contributed by atoms with van der Waals surface area (Å²) in [6.07, 6.45) is 2.87. The molecule has 2 fully saturated rings. The molecule has 28 heavy (non-hydrogen) atoms. The van der Waals surface area contributed by atoms with Crippen molar-refractivity contribution in [2.75, 3.05) is 25.5 Å². The molecule has 154 valence electrons. The van der Waals surface area contributed by atoms with Crippen LogP contribution in [0.25, 0.3) is 5.57 Å². The first-order valence-electron chi connectivity index (χ1n) is 10.1. The number of methoxy groups -OCH3 is 1. The van der Waals surface area contributed by atoms with E-state index in [1.165, 1.54) is 0 Å². The summed E-state index contributed by atoms with van der Waals surface area (Å²) in [6.45, 7) is 11.8. The van der Waals surface area contributed by atoms with Gasteiger partial charge in [0.05, 0.1) is 7.11 Å². The number of carbonyl (C=O) groups excluding carboxylic acids is 1. The van der Waals surface area contributed by atoms with Gasteiger partial charge >= 0.3 is 0 Å². The third kappa shape index (κ3) is 3.81. The van der Waals surface area contributed by atoms with Crippen molar-refractivity contribution in [3.63, 3.8) is 0 Å². The molecule has 1 saturated heterocycles. The number of amides is 1. The van der Waals surface area contributed by atoms with Gasteiger partial charge in [-0.05, 0) is 76.3 Å². The molecule has 2 unspecified atom stereocenters. The molecule has 3 rings (SSSR count). The number of carbonyl (C=O) groups is 1. The van der Waals surface area contributed by atoms with E-state index >= 15 is 0 Å². The smallest absolute Gasteiger partial charge is 0.245 e. The van der Waals surface area contributed by atoms with E-state index in [1.807, 2.05) is 32.0 Å². The second-order valence-electron chi connectivity index (χ2n) is 8.83. The van der Waals surface area contributed by atoms with E-state index in [-0.39, 0.29) is 11.4 Å². The van der Waals surface area contributed by atoms with Crippen LogP contribution >= 0.6 is 0 Å². The predicted molar refractivity (Wildman–Crippen MR) is 114 cm³/mol. The molecule has 6 nitrogen and oxygen atoms in total. The fourth-order valence-corrected chi connectivity index (χ4v) is 4.18. The molecule has 1 aromatic rings. The third-order valence-corrected chi connectivity index (χ3v) is 6.15. The molecule has 0 spiro atoms. The average molecular weight is 387 g/mol. The molecule has 1 aliphatic carbocycles. The van der Waals surface area contributed by atoms with Gasteiger partial charge in [-0.2, -0.15) is 0 Å². The standard InChI is InChI=1S/C22H34N4O2/c1-14-13-26(14)22(12-16(22)7-6-10-23)20(27)25-17-8-9-19(28-5)18(11-17)15(2)21(3,4)24/h8-9,11,14,16H,2,6-7,10,12-13,23-24H2,1,3-5H3,(H,25,27)/t14?,16-,22-,26?/m1/s1. The normalized spacial score (nSPS) is 28.6. The minimum Gasteiger partial charge on any atom is -0.496 e. The summed E-state index contributed by atoms with van der Waals surface area (Å²) >= 11 is 0. The molecular weight excluding hydrogens is 352 g/mol. The zero-order chi connectivity index (χ0) is 20.7. The fraction of sp³-hybridized carbons (Fsp3) is 0.591. The number of anilines is 1. The summed E-state index contributed by atoms with van der Waals surface area (Å²) in [5, 5.41) is 3.14. The summed E-state index contributed by atoms with van der Waals surface area (Å²) in [6, 6.07) is 6.10. The molecule has 0 bridgehead atoms. The summed E-state index contributed by atoms with van der Waals surface area (Å²) in [5.41, 5.74) is 13.3. The van der Waals surface area contributed by atoms with Gasteiger partial charge in [-0.25, -0.2) is 0 Å². The Bertz CT molecular complexity index is 770. The molecular formula is C22H34N4O2. The molecule has 1 heterocycles. The Kier molecular flexibility index (Phi) is 5.58. The Morgan fingerprint density at radius 3 is 2.68 bits per heavy atom. The molecule has 1 aromatic carbocycles. The number of nitrogens with one attached hydrogen (secondary N) is 1. The Morgan fingerprint density at radius 2 is 2.14 bits per heavy atom. The van der Waals surface area contributed by atoms with Crippen LogP contribution in [0.2, 0.25) is 0 Å². The highest BCUT2D eigenvalue weighted by molar-refractivity contribution is 6.01. The lowest BCUT2D eigenvalue weighted by atomic mass is 9.90. The molecule has 1 aliphatic heterocycles. The van der Waals surface area contributed by atoms with E-state index in [2.05, 4.69) is 23.7 Å².